The lowest BCUT2D eigenvalue weighted by Gasteiger charge is -2.33. The highest BCUT2D eigenvalue weighted by Gasteiger charge is 2.52. The largest absolute Gasteiger partial charge is 0.208 e. The lowest BCUT2D eigenvalue weighted by molar-refractivity contribution is 0.586. The van der Waals surface area contributed by atoms with E-state index in [0.29, 0.717) is 17.5 Å². The van der Waals surface area contributed by atoms with E-state index in [0.717, 1.165) is 38.9 Å². The summed E-state index contributed by atoms with van der Waals surface area (Å²) in [5.41, 5.74) is 19.8. The predicted octanol–water partition coefficient (Wildman–Crippen LogP) is 15.1. The van der Waals surface area contributed by atoms with Crippen LogP contribution in [0.2, 0.25) is 0 Å². The van der Waals surface area contributed by atoms with E-state index < -0.39 is 5.41 Å². The van der Waals surface area contributed by atoms with Gasteiger partial charge in [-0.2, -0.15) is 0 Å². The third kappa shape index (κ3) is 6.37. The molecule has 9 aromatic rings. The molecule has 63 heavy (non-hydrogen) atoms. The molecule has 0 atom stereocenters. The molecule has 0 radical (unpaired) electrons. The van der Waals surface area contributed by atoms with E-state index in [1.54, 1.807) is 0 Å². The summed E-state index contributed by atoms with van der Waals surface area (Å²) in [6.45, 7) is 13.9. The Balaban J connectivity index is 1.16. The normalized spacial score (nSPS) is 13.4. The standard InChI is InChI=1S/C60H49N3/c1-58(2,3)45-28-31-49-50-32-29-46(59(4,5)6)37-54(50)60(53(49)36-45)51-26-14-13-25-47(51)48-30-27-44(35-52(48)60)57-62-55(42-23-15-21-40(33-42)38-17-9-7-10-18-38)61-56(63-57)43-24-16-22-41(34-43)39-19-11-8-12-20-39/h7-37H,1-6H3. The van der Waals surface area contributed by atoms with Gasteiger partial charge in [-0.05, 0) is 107 Å². The van der Waals surface area contributed by atoms with Crippen LogP contribution >= 0.6 is 0 Å². The van der Waals surface area contributed by atoms with Crippen molar-refractivity contribution in [2.45, 2.75) is 57.8 Å². The SMILES string of the molecule is CC(C)(C)c1ccc2c(c1)C1(c3ccccc3-c3ccc(-c4nc(-c5cccc(-c6ccccc6)c5)nc(-c5cccc(-c6ccccc6)c5)n4)cc31)c1cc(C(C)(C)C)ccc1-2. The second-order valence-electron chi connectivity index (χ2n) is 19.3. The van der Waals surface area contributed by atoms with Gasteiger partial charge in [0, 0.05) is 16.7 Å². The van der Waals surface area contributed by atoms with Crippen molar-refractivity contribution in [1.29, 1.82) is 0 Å². The average Bonchev–Trinajstić information content (AvgIpc) is 3.78. The van der Waals surface area contributed by atoms with E-state index >= 15 is 0 Å². The quantitative estimate of drug-likeness (QED) is 0.174. The molecule has 1 aromatic heterocycles. The van der Waals surface area contributed by atoms with Crippen LogP contribution in [0.25, 0.3) is 78.7 Å². The van der Waals surface area contributed by atoms with Gasteiger partial charge in [-0.15, -0.1) is 0 Å². The lowest BCUT2D eigenvalue weighted by Crippen LogP contribution is -2.27. The molecule has 1 heterocycles. The summed E-state index contributed by atoms with van der Waals surface area (Å²) >= 11 is 0. The van der Waals surface area contributed by atoms with Gasteiger partial charge in [-0.3, -0.25) is 0 Å². The van der Waals surface area contributed by atoms with Crippen molar-refractivity contribution < 1.29 is 0 Å². The third-order valence-electron chi connectivity index (χ3n) is 13.3. The van der Waals surface area contributed by atoms with Crippen LogP contribution in [-0.4, -0.2) is 15.0 Å². The summed E-state index contributed by atoms with van der Waals surface area (Å²) in [5, 5.41) is 0. The zero-order valence-electron chi connectivity index (χ0n) is 36.7. The first kappa shape index (κ1) is 38.7. The number of benzene rings is 8. The highest BCUT2D eigenvalue weighted by Crippen LogP contribution is 2.64. The van der Waals surface area contributed by atoms with Crippen molar-refractivity contribution in [3.63, 3.8) is 0 Å². The number of fused-ring (bicyclic) bond motifs is 10. The van der Waals surface area contributed by atoms with Gasteiger partial charge >= 0.3 is 0 Å². The van der Waals surface area contributed by atoms with E-state index in [4.69, 9.17) is 15.0 Å². The summed E-state index contributed by atoms with van der Waals surface area (Å²) < 4.78 is 0. The van der Waals surface area contributed by atoms with Gasteiger partial charge in [-0.25, -0.2) is 15.0 Å². The Morgan fingerprint density at radius 2 is 0.651 bits per heavy atom. The Labute approximate surface area is 371 Å². The highest BCUT2D eigenvalue weighted by molar-refractivity contribution is 5.96. The summed E-state index contributed by atoms with van der Waals surface area (Å²) in [5.74, 6) is 1.92. The first-order valence-corrected chi connectivity index (χ1v) is 22.1. The van der Waals surface area contributed by atoms with Crippen LogP contribution in [0, 0.1) is 0 Å². The molecule has 11 rings (SSSR count). The molecular formula is C60H49N3. The van der Waals surface area contributed by atoms with Gasteiger partial charge < -0.3 is 0 Å². The molecular weight excluding hydrogens is 763 g/mol. The van der Waals surface area contributed by atoms with Gasteiger partial charge in [0.1, 0.15) is 0 Å². The highest BCUT2D eigenvalue weighted by atomic mass is 15.0. The Hall–Kier alpha value is -7.23. The molecule has 2 aliphatic carbocycles. The molecule has 3 nitrogen and oxygen atoms in total. The second kappa shape index (κ2) is 14.4. The fraction of sp³-hybridized carbons (Fsp3) is 0.150. The summed E-state index contributed by atoms with van der Waals surface area (Å²) in [4.78, 5) is 16.0. The maximum Gasteiger partial charge on any atom is 0.164 e. The van der Waals surface area contributed by atoms with Crippen molar-refractivity contribution in [2.24, 2.45) is 0 Å². The van der Waals surface area contributed by atoms with Crippen LogP contribution in [0.4, 0.5) is 0 Å². The molecule has 0 aliphatic heterocycles. The number of hydrogen-bond acceptors (Lipinski definition) is 3. The molecule has 0 unspecified atom stereocenters. The molecule has 8 aromatic carbocycles. The fourth-order valence-electron chi connectivity index (χ4n) is 9.96. The Bertz CT molecular complexity index is 3070. The molecule has 0 saturated heterocycles. The fourth-order valence-corrected chi connectivity index (χ4v) is 9.96. The third-order valence-corrected chi connectivity index (χ3v) is 13.3. The molecule has 0 fully saturated rings. The van der Waals surface area contributed by atoms with Crippen LogP contribution in [0.3, 0.4) is 0 Å². The van der Waals surface area contributed by atoms with E-state index in [2.05, 4.69) is 230 Å². The first-order chi connectivity index (χ1) is 30.5. The molecule has 0 N–H and O–H groups in total. The molecule has 0 amide bonds. The summed E-state index contributed by atoms with van der Waals surface area (Å²) in [6.07, 6.45) is 0. The van der Waals surface area contributed by atoms with Gasteiger partial charge in [0.05, 0.1) is 5.41 Å². The van der Waals surface area contributed by atoms with Crippen LogP contribution in [0.1, 0.15) is 74.9 Å². The van der Waals surface area contributed by atoms with E-state index in [1.807, 2.05) is 0 Å². The van der Waals surface area contributed by atoms with Gasteiger partial charge in [0.25, 0.3) is 0 Å². The van der Waals surface area contributed by atoms with E-state index in [1.165, 1.54) is 55.6 Å². The Morgan fingerprint density at radius 3 is 1.13 bits per heavy atom. The number of rotatable bonds is 5. The second-order valence-corrected chi connectivity index (χ2v) is 19.3. The monoisotopic (exact) mass is 811 g/mol. The van der Waals surface area contributed by atoms with Gasteiger partial charge in [0.2, 0.25) is 0 Å². The maximum absolute atomic E-state index is 5.36. The van der Waals surface area contributed by atoms with Gasteiger partial charge in [-0.1, -0.05) is 211 Å². The van der Waals surface area contributed by atoms with Crippen LogP contribution < -0.4 is 0 Å². The molecule has 2 aliphatic rings. The van der Waals surface area contributed by atoms with E-state index in [-0.39, 0.29) is 10.8 Å². The number of nitrogens with zero attached hydrogens (tertiary/aromatic N) is 3. The Kier molecular flexibility index (Phi) is 8.86. The maximum atomic E-state index is 5.36. The van der Waals surface area contributed by atoms with Crippen LogP contribution in [0.15, 0.2) is 188 Å². The summed E-state index contributed by atoms with van der Waals surface area (Å²) in [7, 11) is 0. The zero-order chi connectivity index (χ0) is 43.1. The average molecular weight is 812 g/mol. The minimum atomic E-state index is -0.540. The van der Waals surface area contributed by atoms with Crippen molar-refractivity contribution in [3.05, 3.63) is 221 Å². The topological polar surface area (TPSA) is 38.7 Å². The zero-order valence-corrected chi connectivity index (χ0v) is 36.7. The molecule has 0 bridgehead atoms. The molecule has 3 heteroatoms. The number of aromatic nitrogens is 3. The van der Waals surface area contributed by atoms with Crippen molar-refractivity contribution in [2.75, 3.05) is 0 Å². The Morgan fingerprint density at radius 1 is 0.286 bits per heavy atom. The minimum Gasteiger partial charge on any atom is -0.208 e. The first-order valence-electron chi connectivity index (χ1n) is 22.1. The van der Waals surface area contributed by atoms with Crippen molar-refractivity contribution in [1.82, 2.24) is 15.0 Å². The van der Waals surface area contributed by atoms with Crippen LogP contribution in [0.5, 0.6) is 0 Å². The smallest absolute Gasteiger partial charge is 0.164 e. The van der Waals surface area contributed by atoms with E-state index in [9.17, 15) is 0 Å². The number of hydrogen-bond donors (Lipinski definition) is 0. The molecule has 304 valence electrons. The van der Waals surface area contributed by atoms with Crippen LogP contribution in [-0.2, 0) is 16.2 Å². The van der Waals surface area contributed by atoms with Gasteiger partial charge in [0.15, 0.2) is 17.5 Å². The predicted molar refractivity (Wildman–Crippen MR) is 261 cm³/mol. The summed E-state index contributed by atoms with van der Waals surface area (Å²) in [6, 6.07) is 68.5. The van der Waals surface area contributed by atoms with Crippen molar-refractivity contribution >= 4 is 0 Å². The minimum absolute atomic E-state index is 0.0301. The molecule has 0 saturated carbocycles. The molecule has 1 spiro atoms. The lowest BCUT2D eigenvalue weighted by atomic mass is 9.68. The van der Waals surface area contributed by atoms with Crippen molar-refractivity contribution in [3.8, 4) is 78.7 Å².